The van der Waals surface area contributed by atoms with Gasteiger partial charge >= 0.3 is 0 Å². The monoisotopic (exact) mass is 207 g/mol. The second-order valence-corrected chi connectivity index (χ2v) is 3.89. The summed E-state index contributed by atoms with van der Waals surface area (Å²) in [7, 11) is 0. The summed E-state index contributed by atoms with van der Waals surface area (Å²) >= 11 is 0. The van der Waals surface area contributed by atoms with Crippen LogP contribution in [0.2, 0.25) is 0 Å². The summed E-state index contributed by atoms with van der Waals surface area (Å²) in [6.07, 6.45) is 3.97. The van der Waals surface area contributed by atoms with Gasteiger partial charge in [0.1, 0.15) is 6.33 Å². The highest BCUT2D eigenvalue weighted by atomic mass is 16.5. The zero-order valence-electron chi connectivity index (χ0n) is 9.07. The molecule has 1 fully saturated rings. The van der Waals surface area contributed by atoms with E-state index in [0.717, 1.165) is 43.9 Å². The molecule has 0 spiro atoms. The summed E-state index contributed by atoms with van der Waals surface area (Å²) in [6.45, 7) is 4.75. The molecule has 4 heteroatoms. The zero-order valence-corrected chi connectivity index (χ0v) is 9.07. The van der Waals surface area contributed by atoms with E-state index >= 15 is 0 Å². The van der Waals surface area contributed by atoms with E-state index in [2.05, 4.69) is 15.3 Å². The number of hydrogen-bond acceptors (Lipinski definition) is 4. The van der Waals surface area contributed by atoms with Crippen molar-refractivity contribution >= 4 is 0 Å². The van der Waals surface area contributed by atoms with Crippen molar-refractivity contribution in [1.29, 1.82) is 0 Å². The number of aromatic nitrogens is 2. The predicted octanol–water partition coefficient (Wildman–Crippen LogP) is 0.706. The molecule has 82 valence electrons. The number of nitrogens with zero attached hydrogens (tertiary/aromatic N) is 2. The summed E-state index contributed by atoms with van der Waals surface area (Å²) in [5.41, 5.74) is 2.14. The van der Waals surface area contributed by atoms with Crippen LogP contribution in [0.15, 0.2) is 12.4 Å². The van der Waals surface area contributed by atoms with Gasteiger partial charge in [-0.25, -0.2) is 9.97 Å². The average molecular weight is 207 g/mol. The Morgan fingerprint density at radius 3 is 3.20 bits per heavy atom. The summed E-state index contributed by atoms with van der Waals surface area (Å²) in [5.74, 6) is 0. The van der Waals surface area contributed by atoms with Crippen LogP contribution in [-0.4, -0.2) is 35.8 Å². The molecule has 1 unspecified atom stereocenters. The van der Waals surface area contributed by atoms with Crippen LogP contribution in [-0.2, 0) is 11.2 Å². The van der Waals surface area contributed by atoms with Crippen molar-refractivity contribution in [2.75, 3.05) is 19.7 Å². The van der Waals surface area contributed by atoms with E-state index in [4.69, 9.17) is 4.74 Å². The molecule has 1 aliphatic rings. The van der Waals surface area contributed by atoms with Crippen molar-refractivity contribution in [2.45, 2.75) is 25.9 Å². The summed E-state index contributed by atoms with van der Waals surface area (Å²) < 4.78 is 5.62. The quantitative estimate of drug-likeness (QED) is 0.793. The minimum absolute atomic E-state index is 0.342. The third kappa shape index (κ3) is 3.25. The summed E-state index contributed by atoms with van der Waals surface area (Å²) in [4.78, 5) is 8.32. The van der Waals surface area contributed by atoms with E-state index in [0.29, 0.717) is 6.10 Å². The Labute approximate surface area is 90.1 Å². The van der Waals surface area contributed by atoms with Gasteiger partial charge in [0.15, 0.2) is 0 Å². The van der Waals surface area contributed by atoms with Crippen LogP contribution < -0.4 is 5.32 Å². The molecule has 0 amide bonds. The molecule has 1 N–H and O–H groups in total. The second-order valence-electron chi connectivity index (χ2n) is 3.89. The highest BCUT2D eigenvalue weighted by Gasteiger charge is 2.13. The van der Waals surface area contributed by atoms with Crippen molar-refractivity contribution in [3.63, 3.8) is 0 Å². The van der Waals surface area contributed by atoms with Crippen molar-refractivity contribution in [2.24, 2.45) is 0 Å². The Balaban J connectivity index is 1.81. The number of hydrogen-bond donors (Lipinski definition) is 1. The molecule has 15 heavy (non-hydrogen) atoms. The standard InChI is InChI=1S/C11H17N3O/c1-9-6-10(14-8-13-9)2-3-11-7-12-4-5-15-11/h6,8,11-12H,2-5,7H2,1H3. The first-order valence-corrected chi connectivity index (χ1v) is 5.44. The zero-order chi connectivity index (χ0) is 10.5. The van der Waals surface area contributed by atoms with Crippen LogP contribution in [0.25, 0.3) is 0 Å². The van der Waals surface area contributed by atoms with Crippen LogP contribution in [0.1, 0.15) is 17.8 Å². The third-order valence-electron chi connectivity index (χ3n) is 2.59. The molecule has 1 aromatic heterocycles. The molecule has 0 aromatic carbocycles. The van der Waals surface area contributed by atoms with Gasteiger partial charge in [-0.1, -0.05) is 0 Å². The first-order chi connectivity index (χ1) is 7.34. The molecule has 2 heterocycles. The first kappa shape index (κ1) is 10.5. The van der Waals surface area contributed by atoms with E-state index in [9.17, 15) is 0 Å². The minimum Gasteiger partial charge on any atom is -0.376 e. The van der Waals surface area contributed by atoms with Crippen molar-refractivity contribution in [3.8, 4) is 0 Å². The van der Waals surface area contributed by atoms with E-state index in [1.807, 2.05) is 13.0 Å². The van der Waals surface area contributed by atoms with Gasteiger partial charge in [-0.2, -0.15) is 0 Å². The first-order valence-electron chi connectivity index (χ1n) is 5.44. The van der Waals surface area contributed by atoms with Crippen LogP contribution in [0, 0.1) is 6.92 Å². The molecular formula is C11H17N3O. The fourth-order valence-electron chi connectivity index (χ4n) is 1.76. The maximum atomic E-state index is 5.62. The fraction of sp³-hybridized carbons (Fsp3) is 0.636. The molecule has 0 saturated carbocycles. The number of rotatable bonds is 3. The maximum absolute atomic E-state index is 5.62. The van der Waals surface area contributed by atoms with E-state index in [1.54, 1.807) is 6.33 Å². The molecule has 1 aliphatic heterocycles. The van der Waals surface area contributed by atoms with Crippen molar-refractivity contribution in [3.05, 3.63) is 23.8 Å². The molecule has 0 aliphatic carbocycles. The highest BCUT2D eigenvalue weighted by Crippen LogP contribution is 2.07. The van der Waals surface area contributed by atoms with Gasteiger partial charge in [-0.3, -0.25) is 0 Å². The van der Waals surface area contributed by atoms with E-state index in [-0.39, 0.29) is 0 Å². The van der Waals surface area contributed by atoms with Gasteiger partial charge in [-0.05, 0) is 25.8 Å². The maximum Gasteiger partial charge on any atom is 0.115 e. The van der Waals surface area contributed by atoms with Gasteiger partial charge in [0.2, 0.25) is 0 Å². The van der Waals surface area contributed by atoms with Crippen molar-refractivity contribution < 1.29 is 4.74 Å². The van der Waals surface area contributed by atoms with Gasteiger partial charge in [0.05, 0.1) is 12.7 Å². The second kappa shape index (κ2) is 5.19. The smallest absolute Gasteiger partial charge is 0.115 e. The molecule has 1 saturated heterocycles. The number of nitrogens with one attached hydrogen (secondary N) is 1. The van der Waals surface area contributed by atoms with Crippen LogP contribution >= 0.6 is 0 Å². The topological polar surface area (TPSA) is 47.0 Å². The van der Waals surface area contributed by atoms with Crippen molar-refractivity contribution in [1.82, 2.24) is 15.3 Å². The number of ether oxygens (including phenoxy) is 1. The number of aryl methyl sites for hydroxylation is 2. The Morgan fingerprint density at radius 2 is 2.47 bits per heavy atom. The molecule has 0 radical (unpaired) electrons. The predicted molar refractivity (Wildman–Crippen MR) is 57.7 cm³/mol. The summed E-state index contributed by atoms with van der Waals surface area (Å²) in [5, 5.41) is 3.32. The number of morpholine rings is 1. The Bertz CT molecular complexity index is 310. The van der Waals surface area contributed by atoms with Crippen LogP contribution in [0.4, 0.5) is 0 Å². The lowest BCUT2D eigenvalue weighted by Gasteiger charge is -2.23. The molecule has 2 rings (SSSR count). The van der Waals surface area contributed by atoms with E-state index in [1.165, 1.54) is 0 Å². The van der Waals surface area contributed by atoms with Gasteiger partial charge in [0.25, 0.3) is 0 Å². The Hall–Kier alpha value is -1.00. The lowest BCUT2D eigenvalue weighted by Crippen LogP contribution is -2.38. The molecule has 0 bridgehead atoms. The van der Waals surface area contributed by atoms with Gasteiger partial charge in [-0.15, -0.1) is 0 Å². The normalized spacial score (nSPS) is 21.5. The molecule has 4 nitrogen and oxygen atoms in total. The third-order valence-corrected chi connectivity index (χ3v) is 2.59. The molecule has 1 aromatic rings. The Morgan fingerprint density at radius 1 is 1.53 bits per heavy atom. The van der Waals surface area contributed by atoms with Crippen LogP contribution in [0.5, 0.6) is 0 Å². The SMILES string of the molecule is Cc1cc(CCC2CNCCO2)ncn1. The van der Waals surface area contributed by atoms with E-state index < -0.39 is 0 Å². The Kier molecular flexibility index (Phi) is 3.64. The minimum atomic E-state index is 0.342. The molecular weight excluding hydrogens is 190 g/mol. The fourth-order valence-corrected chi connectivity index (χ4v) is 1.76. The lowest BCUT2D eigenvalue weighted by atomic mass is 10.1. The van der Waals surface area contributed by atoms with Gasteiger partial charge in [0, 0.05) is 24.5 Å². The lowest BCUT2D eigenvalue weighted by molar-refractivity contribution is 0.0237. The average Bonchev–Trinajstić information content (AvgIpc) is 2.28. The van der Waals surface area contributed by atoms with Gasteiger partial charge < -0.3 is 10.1 Å². The highest BCUT2D eigenvalue weighted by molar-refractivity contribution is 5.06. The molecule has 1 atom stereocenters. The summed E-state index contributed by atoms with van der Waals surface area (Å²) in [6, 6.07) is 2.04. The van der Waals surface area contributed by atoms with Crippen LogP contribution in [0.3, 0.4) is 0 Å². The largest absolute Gasteiger partial charge is 0.376 e.